The van der Waals surface area contributed by atoms with E-state index in [2.05, 4.69) is 47.3 Å². The molecule has 3 aromatic carbocycles. The molecule has 0 unspecified atom stereocenters. The van der Waals surface area contributed by atoms with E-state index < -0.39 is 0 Å². The van der Waals surface area contributed by atoms with Crippen LogP contribution < -0.4 is 15.4 Å². The zero-order valence-corrected chi connectivity index (χ0v) is 19.6. The Morgan fingerprint density at radius 3 is 2.34 bits per heavy atom. The summed E-state index contributed by atoms with van der Waals surface area (Å²) in [6.45, 7) is 6.05. The molecule has 0 aliphatic carbocycles. The van der Waals surface area contributed by atoms with Crippen molar-refractivity contribution in [3.05, 3.63) is 88.1 Å². The van der Waals surface area contributed by atoms with E-state index in [9.17, 15) is 14.0 Å². The molecule has 0 saturated carbocycles. The van der Waals surface area contributed by atoms with Crippen molar-refractivity contribution >= 4 is 39.1 Å². The van der Waals surface area contributed by atoms with Crippen molar-refractivity contribution in [3.8, 4) is 5.75 Å². The Hall–Kier alpha value is -3.19. The average Bonchev–Trinajstić information content (AvgIpc) is 2.74. The monoisotopic (exact) mass is 498 g/mol. The van der Waals surface area contributed by atoms with Gasteiger partial charge in [-0.05, 0) is 66.1 Å². The first-order chi connectivity index (χ1) is 15.1. The van der Waals surface area contributed by atoms with Gasteiger partial charge in [0, 0.05) is 27.0 Å². The zero-order valence-electron chi connectivity index (χ0n) is 18.0. The van der Waals surface area contributed by atoms with Crippen molar-refractivity contribution in [2.75, 3.05) is 17.2 Å². The quantitative estimate of drug-likeness (QED) is 0.427. The third-order valence-electron chi connectivity index (χ3n) is 4.62. The van der Waals surface area contributed by atoms with Gasteiger partial charge in [0.25, 0.3) is 11.8 Å². The molecule has 0 aliphatic rings. The standard InChI is InChI=1S/C25H24BrFN2O3/c1-25(2,3)21-14-17(26)7-12-22(21)32-15-23(30)28-20-6-4-5-16(13-20)24(31)29-19-10-8-18(27)9-11-19/h4-14H,15H2,1-3H3,(H,28,30)(H,29,31). The average molecular weight is 499 g/mol. The van der Waals surface area contributed by atoms with Gasteiger partial charge in [0.15, 0.2) is 6.61 Å². The largest absolute Gasteiger partial charge is 0.483 e. The number of rotatable bonds is 6. The lowest BCUT2D eigenvalue weighted by Gasteiger charge is -2.23. The minimum atomic E-state index is -0.382. The van der Waals surface area contributed by atoms with Crippen LogP contribution in [0, 0.1) is 5.82 Å². The van der Waals surface area contributed by atoms with E-state index in [1.54, 1.807) is 24.3 Å². The minimum absolute atomic E-state index is 0.151. The van der Waals surface area contributed by atoms with Gasteiger partial charge in [-0.15, -0.1) is 0 Å². The van der Waals surface area contributed by atoms with E-state index >= 15 is 0 Å². The van der Waals surface area contributed by atoms with Crippen LogP contribution in [0.3, 0.4) is 0 Å². The summed E-state index contributed by atoms with van der Waals surface area (Å²) in [5.41, 5.74) is 2.14. The van der Waals surface area contributed by atoms with Gasteiger partial charge in [-0.2, -0.15) is 0 Å². The normalized spacial score (nSPS) is 11.0. The number of carbonyl (C=O) groups is 2. The number of hydrogen-bond acceptors (Lipinski definition) is 3. The maximum atomic E-state index is 13.0. The van der Waals surface area contributed by atoms with E-state index in [1.807, 2.05) is 18.2 Å². The number of hydrogen-bond donors (Lipinski definition) is 2. The zero-order chi connectivity index (χ0) is 23.3. The molecule has 2 amide bonds. The van der Waals surface area contributed by atoms with Crippen LogP contribution in [0.15, 0.2) is 71.2 Å². The Labute approximate surface area is 195 Å². The van der Waals surface area contributed by atoms with Crippen LogP contribution in [0.1, 0.15) is 36.7 Å². The second kappa shape index (κ2) is 9.96. The molecule has 3 aromatic rings. The van der Waals surface area contributed by atoms with Crippen LogP contribution in [0.4, 0.5) is 15.8 Å². The molecule has 0 spiro atoms. The van der Waals surface area contributed by atoms with Crippen LogP contribution >= 0.6 is 15.9 Å². The molecule has 0 bridgehead atoms. The molecule has 7 heteroatoms. The molecule has 0 heterocycles. The molecule has 32 heavy (non-hydrogen) atoms. The smallest absolute Gasteiger partial charge is 0.262 e. The Bertz CT molecular complexity index is 1120. The maximum Gasteiger partial charge on any atom is 0.262 e. The van der Waals surface area contributed by atoms with Gasteiger partial charge in [0.1, 0.15) is 11.6 Å². The molecule has 0 aromatic heterocycles. The van der Waals surface area contributed by atoms with Gasteiger partial charge in [0.05, 0.1) is 0 Å². The molecule has 0 fully saturated rings. The highest BCUT2D eigenvalue weighted by Gasteiger charge is 2.20. The molecule has 3 rings (SSSR count). The predicted molar refractivity (Wildman–Crippen MR) is 128 cm³/mol. The van der Waals surface area contributed by atoms with E-state index in [1.165, 1.54) is 24.3 Å². The lowest BCUT2D eigenvalue weighted by Crippen LogP contribution is -2.22. The molecule has 0 aliphatic heterocycles. The van der Waals surface area contributed by atoms with Crippen molar-refractivity contribution in [3.63, 3.8) is 0 Å². The SMILES string of the molecule is CC(C)(C)c1cc(Br)ccc1OCC(=O)Nc1cccc(C(=O)Nc2ccc(F)cc2)c1. The summed E-state index contributed by atoms with van der Waals surface area (Å²) >= 11 is 3.47. The van der Waals surface area contributed by atoms with Gasteiger partial charge in [-0.1, -0.05) is 42.8 Å². The summed E-state index contributed by atoms with van der Waals surface area (Å²) in [5.74, 6) is -0.450. The predicted octanol–water partition coefficient (Wildman–Crippen LogP) is 6.16. The molecular weight excluding hydrogens is 475 g/mol. The number of nitrogens with one attached hydrogen (secondary N) is 2. The summed E-state index contributed by atoms with van der Waals surface area (Å²) in [6, 6.07) is 17.7. The molecule has 0 atom stereocenters. The highest BCUT2D eigenvalue weighted by atomic mass is 79.9. The second-order valence-electron chi connectivity index (χ2n) is 8.27. The fourth-order valence-corrected chi connectivity index (χ4v) is 3.39. The number of anilines is 2. The topological polar surface area (TPSA) is 67.4 Å². The Morgan fingerprint density at radius 1 is 0.938 bits per heavy atom. The molecular formula is C25H24BrFN2O3. The molecule has 166 valence electrons. The van der Waals surface area contributed by atoms with E-state index in [0.717, 1.165) is 10.0 Å². The maximum absolute atomic E-state index is 13.0. The van der Waals surface area contributed by atoms with Crippen molar-refractivity contribution in [2.45, 2.75) is 26.2 Å². The fourth-order valence-electron chi connectivity index (χ4n) is 3.03. The Morgan fingerprint density at radius 2 is 1.66 bits per heavy atom. The van der Waals surface area contributed by atoms with E-state index in [0.29, 0.717) is 22.7 Å². The third kappa shape index (κ3) is 6.40. The Balaban J connectivity index is 1.63. The van der Waals surface area contributed by atoms with Crippen LogP contribution in [-0.2, 0) is 10.2 Å². The van der Waals surface area contributed by atoms with E-state index in [-0.39, 0.29) is 29.7 Å². The molecule has 0 saturated heterocycles. The van der Waals surface area contributed by atoms with Gasteiger partial charge in [-0.25, -0.2) is 4.39 Å². The first kappa shape index (κ1) is 23.5. The minimum Gasteiger partial charge on any atom is -0.483 e. The fraction of sp³-hybridized carbons (Fsp3) is 0.200. The number of ether oxygens (including phenoxy) is 1. The summed E-state index contributed by atoms with van der Waals surface area (Å²) in [7, 11) is 0. The molecule has 5 nitrogen and oxygen atoms in total. The van der Waals surface area contributed by atoms with Crippen LogP contribution in [-0.4, -0.2) is 18.4 Å². The van der Waals surface area contributed by atoms with Crippen molar-refractivity contribution in [1.29, 1.82) is 0 Å². The van der Waals surface area contributed by atoms with Gasteiger partial charge in [-0.3, -0.25) is 9.59 Å². The summed E-state index contributed by atoms with van der Waals surface area (Å²) in [6.07, 6.45) is 0. The van der Waals surface area contributed by atoms with Crippen LogP contribution in [0.2, 0.25) is 0 Å². The first-order valence-electron chi connectivity index (χ1n) is 10.0. The van der Waals surface area contributed by atoms with Crippen molar-refractivity contribution < 1.29 is 18.7 Å². The lowest BCUT2D eigenvalue weighted by molar-refractivity contribution is -0.118. The summed E-state index contributed by atoms with van der Waals surface area (Å²) in [4.78, 5) is 24.9. The summed E-state index contributed by atoms with van der Waals surface area (Å²) < 4.78 is 19.7. The number of carbonyl (C=O) groups excluding carboxylic acids is 2. The second-order valence-corrected chi connectivity index (χ2v) is 9.18. The van der Waals surface area contributed by atoms with Gasteiger partial charge >= 0.3 is 0 Å². The summed E-state index contributed by atoms with van der Waals surface area (Å²) in [5, 5.41) is 5.44. The Kier molecular flexibility index (Phi) is 7.30. The highest BCUT2D eigenvalue weighted by molar-refractivity contribution is 9.10. The number of halogens is 2. The third-order valence-corrected chi connectivity index (χ3v) is 5.11. The lowest BCUT2D eigenvalue weighted by atomic mass is 9.86. The van der Waals surface area contributed by atoms with Crippen LogP contribution in [0.25, 0.3) is 0 Å². The van der Waals surface area contributed by atoms with Crippen LogP contribution in [0.5, 0.6) is 5.75 Å². The molecule has 2 N–H and O–H groups in total. The van der Waals surface area contributed by atoms with Gasteiger partial charge < -0.3 is 15.4 Å². The number of amides is 2. The van der Waals surface area contributed by atoms with E-state index in [4.69, 9.17) is 4.74 Å². The van der Waals surface area contributed by atoms with Crippen molar-refractivity contribution in [1.82, 2.24) is 0 Å². The van der Waals surface area contributed by atoms with Crippen molar-refractivity contribution in [2.24, 2.45) is 0 Å². The van der Waals surface area contributed by atoms with Gasteiger partial charge in [0.2, 0.25) is 0 Å². The molecule has 0 radical (unpaired) electrons. The number of benzene rings is 3. The first-order valence-corrected chi connectivity index (χ1v) is 10.8. The highest BCUT2D eigenvalue weighted by Crippen LogP contribution is 2.33.